The van der Waals surface area contributed by atoms with Crippen molar-refractivity contribution in [3.8, 4) is 46.3 Å². The van der Waals surface area contributed by atoms with Gasteiger partial charge in [-0.1, -0.05) is 82.8 Å². The maximum atomic E-state index is 12.2. The molecule has 2 saturated heterocycles. The van der Waals surface area contributed by atoms with Crippen LogP contribution in [0.4, 0.5) is 0 Å². The highest BCUT2D eigenvalue weighted by molar-refractivity contribution is 6.37. The van der Waals surface area contributed by atoms with E-state index in [1.807, 2.05) is 36.4 Å². The van der Waals surface area contributed by atoms with E-state index in [9.17, 15) is 20.1 Å². The molecule has 2 atom stereocenters. The molecule has 0 unspecified atom stereocenters. The van der Waals surface area contributed by atoms with E-state index in [0.29, 0.717) is 125 Å². The van der Waals surface area contributed by atoms with Gasteiger partial charge in [-0.3, -0.25) is 19.6 Å². The number of carbonyl (C=O) groups is 2. The fourth-order valence-electron chi connectivity index (χ4n) is 7.43. The Hall–Kier alpha value is -6.62. The third-order valence-corrected chi connectivity index (χ3v) is 12.5. The molecule has 68 heavy (non-hydrogen) atoms. The Balaban J connectivity index is 0.981. The van der Waals surface area contributed by atoms with E-state index in [0.717, 1.165) is 0 Å². The molecule has 2 aliphatic heterocycles. The summed E-state index contributed by atoms with van der Waals surface area (Å²) in [5, 5.41) is 26.6. The lowest BCUT2D eigenvalue weighted by molar-refractivity contribution is -0.140. The molecular formula is C50H40Cl4N6O8. The van der Waals surface area contributed by atoms with E-state index in [2.05, 4.69) is 32.7 Å². The zero-order valence-electron chi connectivity index (χ0n) is 36.0. The van der Waals surface area contributed by atoms with Gasteiger partial charge in [0, 0.05) is 107 Å². The summed E-state index contributed by atoms with van der Waals surface area (Å²) >= 11 is 27.8. The van der Waals surface area contributed by atoms with Crippen molar-refractivity contribution < 1.29 is 38.0 Å². The number of hydrogen-bond donors (Lipinski definition) is 2. The molecule has 0 radical (unpaired) electrons. The minimum Gasteiger partial charge on any atom is -0.488 e. The van der Waals surface area contributed by atoms with E-state index in [4.69, 9.17) is 74.8 Å². The van der Waals surface area contributed by atoms with E-state index in [1.165, 1.54) is 12.4 Å². The molecule has 4 heterocycles. The standard InChI is InChI=1S/C50H40Cl4N6O8/c51-39-13-35(23-59-41-7-9-63-49(41)61)43(65-25-31-11-29(17-55)19-57-21-31)15-45(39)67-27-33-3-1-5-37(47(33)53)38-6-2-4-34(48(38)54)28-68-46-16-44(66-26-32-12-30(18-56)20-58-22-32)36(14-40(46)52)24-60-42-8-10-64-50(42)62/h1-6,11-16,19-22,41-42,59-60H,7-10,23-28H2/t41-,42-/m0/s1. The number of ether oxygens (including phenoxy) is 6. The van der Waals surface area contributed by atoms with Crippen molar-refractivity contribution in [3.05, 3.63) is 162 Å². The highest BCUT2D eigenvalue weighted by Crippen LogP contribution is 2.40. The number of cyclic esters (lactones) is 2. The van der Waals surface area contributed by atoms with Crippen molar-refractivity contribution in [3.63, 3.8) is 0 Å². The van der Waals surface area contributed by atoms with E-state index in [1.54, 1.807) is 48.8 Å². The third-order valence-electron chi connectivity index (χ3n) is 11.0. The molecule has 18 heteroatoms. The van der Waals surface area contributed by atoms with Crippen molar-refractivity contribution in [2.24, 2.45) is 0 Å². The molecule has 2 fully saturated rings. The zero-order valence-corrected chi connectivity index (χ0v) is 39.1. The summed E-state index contributed by atoms with van der Waals surface area (Å²) in [5.41, 5.74) is 6.13. The highest BCUT2D eigenvalue weighted by atomic mass is 35.5. The number of benzene rings is 4. The molecule has 4 aromatic carbocycles. The minimum absolute atomic E-state index is 0.0331. The van der Waals surface area contributed by atoms with E-state index in [-0.39, 0.29) is 51.5 Å². The van der Waals surface area contributed by atoms with Gasteiger partial charge in [0.15, 0.2) is 0 Å². The van der Waals surface area contributed by atoms with Crippen molar-refractivity contribution in [1.29, 1.82) is 10.5 Å². The van der Waals surface area contributed by atoms with Crippen LogP contribution in [0.1, 0.15) is 57.3 Å². The van der Waals surface area contributed by atoms with Crippen LogP contribution in [0.5, 0.6) is 23.0 Å². The summed E-state index contributed by atoms with van der Waals surface area (Å²) in [6.45, 7) is 1.48. The van der Waals surface area contributed by atoms with Gasteiger partial charge in [0.05, 0.1) is 44.4 Å². The van der Waals surface area contributed by atoms with Gasteiger partial charge >= 0.3 is 11.9 Å². The first-order valence-corrected chi connectivity index (χ1v) is 22.8. The first kappa shape index (κ1) is 47.9. The second-order valence-electron chi connectivity index (χ2n) is 15.7. The Bertz CT molecular complexity index is 2750. The number of pyridine rings is 2. The summed E-state index contributed by atoms with van der Waals surface area (Å²) in [4.78, 5) is 32.6. The number of carbonyl (C=O) groups excluding carboxylic acids is 2. The number of hydrogen-bond acceptors (Lipinski definition) is 14. The molecule has 8 rings (SSSR count). The Morgan fingerprint density at radius 1 is 0.559 bits per heavy atom. The lowest BCUT2D eigenvalue weighted by Crippen LogP contribution is -2.32. The van der Waals surface area contributed by atoms with Gasteiger partial charge in [-0.15, -0.1) is 0 Å². The topological polar surface area (TPSA) is 187 Å². The maximum Gasteiger partial charge on any atom is 0.323 e. The Labute approximate surface area is 411 Å². The Kier molecular flexibility index (Phi) is 15.8. The van der Waals surface area contributed by atoms with Gasteiger partial charge < -0.3 is 39.1 Å². The average molecular weight is 995 g/mol. The van der Waals surface area contributed by atoms with Crippen LogP contribution in [0.15, 0.2) is 97.6 Å². The van der Waals surface area contributed by atoms with Crippen molar-refractivity contribution in [1.82, 2.24) is 20.6 Å². The van der Waals surface area contributed by atoms with Crippen molar-refractivity contribution >= 4 is 58.3 Å². The van der Waals surface area contributed by atoms with Gasteiger partial charge in [-0.2, -0.15) is 10.5 Å². The lowest BCUT2D eigenvalue weighted by Gasteiger charge is -2.18. The molecule has 14 nitrogen and oxygen atoms in total. The van der Waals surface area contributed by atoms with Crippen LogP contribution < -0.4 is 29.6 Å². The molecule has 6 aromatic rings. The quantitative estimate of drug-likeness (QED) is 0.0731. The molecule has 0 saturated carbocycles. The van der Waals surface area contributed by atoms with Crippen molar-refractivity contribution in [2.75, 3.05) is 13.2 Å². The van der Waals surface area contributed by atoms with Crippen LogP contribution in [-0.4, -0.2) is 47.2 Å². The van der Waals surface area contributed by atoms with Gasteiger partial charge in [0.2, 0.25) is 0 Å². The lowest BCUT2D eigenvalue weighted by atomic mass is 10.0. The Morgan fingerprint density at radius 2 is 0.985 bits per heavy atom. The number of nitrogens with one attached hydrogen (secondary N) is 2. The molecule has 2 aliphatic rings. The molecule has 0 bridgehead atoms. The smallest absolute Gasteiger partial charge is 0.323 e. The maximum absolute atomic E-state index is 12.2. The van der Waals surface area contributed by atoms with Gasteiger partial charge in [-0.05, 0) is 24.3 Å². The van der Waals surface area contributed by atoms with Crippen LogP contribution in [0.3, 0.4) is 0 Å². The molecule has 2 N–H and O–H groups in total. The monoisotopic (exact) mass is 992 g/mol. The second kappa shape index (κ2) is 22.5. The summed E-state index contributed by atoms with van der Waals surface area (Å²) in [6.07, 6.45) is 7.26. The summed E-state index contributed by atoms with van der Waals surface area (Å²) in [6, 6.07) is 24.5. The molecular weight excluding hydrogens is 954 g/mol. The number of nitriles is 2. The fourth-order valence-corrected chi connectivity index (χ4v) is 8.48. The first-order valence-electron chi connectivity index (χ1n) is 21.3. The van der Waals surface area contributed by atoms with E-state index >= 15 is 0 Å². The van der Waals surface area contributed by atoms with Crippen LogP contribution in [0, 0.1) is 22.7 Å². The Morgan fingerprint density at radius 3 is 1.38 bits per heavy atom. The molecule has 346 valence electrons. The second-order valence-corrected chi connectivity index (χ2v) is 17.2. The predicted molar refractivity (Wildman–Crippen MR) is 252 cm³/mol. The molecule has 0 aliphatic carbocycles. The highest BCUT2D eigenvalue weighted by Gasteiger charge is 2.28. The zero-order chi connectivity index (χ0) is 47.6. The van der Waals surface area contributed by atoms with Crippen molar-refractivity contribution in [2.45, 2.75) is 64.4 Å². The van der Waals surface area contributed by atoms with Crippen LogP contribution >= 0.6 is 46.4 Å². The number of esters is 2. The number of nitrogens with zero attached hydrogens (tertiary/aromatic N) is 4. The summed E-state index contributed by atoms with van der Waals surface area (Å²) in [5.74, 6) is 0.911. The number of halogens is 4. The normalized spacial score (nSPS) is 15.3. The third kappa shape index (κ3) is 11.7. The summed E-state index contributed by atoms with van der Waals surface area (Å²) in [7, 11) is 0. The SMILES string of the molecule is N#Cc1cncc(COc2cc(OCc3cccc(-c4cccc(COc5cc(OCc6cncc(C#N)c6)c(CN[C@H]6CCOC6=O)cc5Cl)c4Cl)c3Cl)c(Cl)cc2CN[C@H]2CCOC2=O)c1. The number of rotatable bonds is 19. The number of aromatic nitrogens is 2. The molecule has 0 spiro atoms. The van der Waals surface area contributed by atoms with Gasteiger partial charge in [0.1, 0.15) is 73.6 Å². The van der Waals surface area contributed by atoms with Crippen LogP contribution in [0.2, 0.25) is 20.1 Å². The minimum atomic E-state index is -0.458. The average Bonchev–Trinajstić information content (AvgIpc) is 3.97. The largest absolute Gasteiger partial charge is 0.488 e. The van der Waals surface area contributed by atoms with Gasteiger partial charge in [0.25, 0.3) is 0 Å². The first-order chi connectivity index (χ1) is 33.1. The summed E-state index contributed by atoms with van der Waals surface area (Å²) < 4.78 is 35.2. The fraction of sp³-hybridized carbons (Fsp3) is 0.240. The van der Waals surface area contributed by atoms with Crippen LogP contribution in [0.25, 0.3) is 11.1 Å². The molecule has 2 aromatic heterocycles. The van der Waals surface area contributed by atoms with Gasteiger partial charge in [-0.25, -0.2) is 0 Å². The predicted octanol–water partition coefficient (Wildman–Crippen LogP) is 9.63. The van der Waals surface area contributed by atoms with E-state index < -0.39 is 12.1 Å². The molecule has 0 amide bonds. The van der Waals surface area contributed by atoms with Crippen LogP contribution in [-0.2, 0) is 58.6 Å².